The molecular formula is C21H28F2N8O2. The maximum atomic E-state index is 13.6. The van der Waals surface area contributed by atoms with Gasteiger partial charge in [-0.1, -0.05) is 19.9 Å². The molecule has 0 radical (unpaired) electrons. The number of rotatable bonds is 11. The largest absolute Gasteiger partial charge is 0.352 e. The second-order valence-electron chi connectivity index (χ2n) is 7.49. The molecular weight excluding hydrogens is 434 g/mol. The molecule has 10 nitrogen and oxygen atoms in total. The second-order valence-corrected chi connectivity index (χ2v) is 7.49. The number of hydrogen-bond donors (Lipinski definition) is 2. The molecule has 2 N–H and O–H groups in total. The minimum atomic E-state index is -1.03. The number of halogens is 2. The van der Waals surface area contributed by atoms with Crippen molar-refractivity contribution in [2.24, 2.45) is 7.05 Å². The topological polar surface area (TPSA) is 110 Å². The molecule has 0 unspecified atom stereocenters. The first kappa shape index (κ1) is 24.4. The minimum absolute atomic E-state index is 0.0317. The molecule has 0 aliphatic heterocycles. The molecule has 0 fully saturated rings. The van der Waals surface area contributed by atoms with E-state index in [9.17, 15) is 18.4 Å². The summed E-state index contributed by atoms with van der Waals surface area (Å²) < 4.78 is 28.9. The van der Waals surface area contributed by atoms with Crippen LogP contribution in [0.1, 0.15) is 19.4 Å². The molecule has 33 heavy (non-hydrogen) atoms. The lowest BCUT2D eigenvalue weighted by Crippen LogP contribution is -2.39. The summed E-state index contributed by atoms with van der Waals surface area (Å²) in [5.74, 6) is -1.87. The summed E-state index contributed by atoms with van der Waals surface area (Å²) in [7, 11) is 1.32. The van der Waals surface area contributed by atoms with Gasteiger partial charge in [0, 0.05) is 33.2 Å². The zero-order valence-electron chi connectivity index (χ0n) is 18.9. The molecule has 0 aliphatic rings. The van der Waals surface area contributed by atoms with E-state index >= 15 is 0 Å². The fourth-order valence-electron chi connectivity index (χ4n) is 3.37. The third kappa shape index (κ3) is 5.76. The van der Waals surface area contributed by atoms with Crippen molar-refractivity contribution in [3.8, 4) is 0 Å². The van der Waals surface area contributed by atoms with E-state index in [4.69, 9.17) is 0 Å². The van der Waals surface area contributed by atoms with Crippen LogP contribution in [0.4, 0.5) is 14.7 Å². The Labute approximate surface area is 189 Å². The van der Waals surface area contributed by atoms with Gasteiger partial charge >= 0.3 is 5.69 Å². The highest BCUT2D eigenvalue weighted by Gasteiger charge is 2.16. The zero-order chi connectivity index (χ0) is 24.0. The number of likely N-dealkylation sites (N-methyl/N-ethyl adjacent to an activating group) is 1. The Bertz CT molecular complexity index is 1220. The van der Waals surface area contributed by atoms with Crippen molar-refractivity contribution in [3.63, 3.8) is 0 Å². The first-order valence-electron chi connectivity index (χ1n) is 10.8. The van der Waals surface area contributed by atoms with Gasteiger partial charge in [-0.05, 0) is 30.8 Å². The molecule has 0 saturated heterocycles. The number of nitrogens with zero attached hydrogens (tertiary/aromatic N) is 6. The van der Waals surface area contributed by atoms with Crippen LogP contribution in [0.2, 0.25) is 0 Å². The number of aromatic nitrogens is 5. The fraction of sp³-hybridized carbons (Fsp3) is 0.476. The van der Waals surface area contributed by atoms with Gasteiger partial charge in [-0.15, -0.1) is 10.2 Å². The third-order valence-electron chi connectivity index (χ3n) is 5.36. The zero-order valence-corrected chi connectivity index (χ0v) is 18.9. The van der Waals surface area contributed by atoms with E-state index in [-0.39, 0.29) is 23.7 Å². The van der Waals surface area contributed by atoms with Crippen LogP contribution in [0.3, 0.4) is 0 Å². The molecule has 0 bridgehead atoms. The number of hydrogen-bond acceptors (Lipinski definition) is 8. The molecule has 12 heteroatoms. The maximum absolute atomic E-state index is 13.6. The highest BCUT2D eigenvalue weighted by atomic mass is 19.2. The van der Waals surface area contributed by atoms with Crippen LogP contribution >= 0.6 is 0 Å². The fourth-order valence-corrected chi connectivity index (χ4v) is 3.37. The number of fused-ring (bicyclic) bond motifs is 1. The van der Waals surface area contributed by atoms with Crippen LogP contribution in [0.25, 0.3) is 11.2 Å². The summed E-state index contributed by atoms with van der Waals surface area (Å²) in [5, 5.41) is 14.3. The predicted octanol–water partition coefficient (Wildman–Crippen LogP) is 0.555. The van der Waals surface area contributed by atoms with Crippen molar-refractivity contribution < 1.29 is 8.78 Å². The van der Waals surface area contributed by atoms with Gasteiger partial charge in [-0.25, -0.2) is 18.6 Å². The Balaban J connectivity index is 1.75. The van der Waals surface area contributed by atoms with Crippen molar-refractivity contribution in [1.29, 1.82) is 0 Å². The average molecular weight is 463 g/mol. The molecule has 3 aromatic rings. The molecule has 2 heterocycles. The van der Waals surface area contributed by atoms with Crippen molar-refractivity contribution in [2.75, 3.05) is 44.6 Å². The van der Waals surface area contributed by atoms with Gasteiger partial charge in [0.1, 0.15) is 0 Å². The summed E-state index contributed by atoms with van der Waals surface area (Å²) in [4.78, 5) is 31.8. The lowest BCUT2D eigenvalue weighted by Gasteiger charge is -2.18. The van der Waals surface area contributed by atoms with Crippen molar-refractivity contribution in [1.82, 2.24) is 34.5 Å². The number of anilines is 1. The molecule has 0 aliphatic carbocycles. The van der Waals surface area contributed by atoms with Crippen LogP contribution in [-0.4, -0.2) is 68.5 Å². The molecule has 3 rings (SSSR count). The second kappa shape index (κ2) is 11.1. The van der Waals surface area contributed by atoms with E-state index < -0.39 is 22.9 Å². The molecule has 2 aromatic heterocycles. The van der Waals surface area contributed by atoms with Gasteiger partial charge in [-0.3, -0.25) is 13.9 Å². The summed E-state index contributed by atoms with van der Waals surface area (Å²) in [6.45, 7) is 9.10. The lowest BCUT2D eigenvalue weighted by atomic mass is 10.2. The normalized spacial score (nSPS) is 11.5. The van der Waals surface area contributed by atoms with Gasteiger partial charge in [0.05, 0.1) is 6.54 Å². The monoisotopic (exact) mass is 462 g/mol. The number of benzene rings is 1. The highest BCUT2D eigenvalue weighted by molar-refractivity contribution is 5.69. The molecule has 178 valence electrons. The van der Waals surface area contributed by atoms with E-state index in [1.165, 1.54) is 13.1 Å². The molecule has 0 amide bonds. The summed E-state index contributed by atoms with van der Waals surface area (Å²) >= 11 is 0. The molecule has 0 atom stereocenters. The first-order valence-corrected chi connectivity index (χ1v) is 10.8. The Morgan fingerprint density at radius 3 is 2.48 bits per heavy atom. The average Bonchev–Trinajstić information content (AvgIpc) is 2.82. The van der Waals surface area contributed by atoms with E-state index in [1.54, 1.807) is 0 Å². The summed E-state index contributed by atoms with van der Waals surface area (Å²) in [6.07, 6.45) is 0. The molecule has 0 spiro atoms. The van der Waals surface area contributed by atoms with Crippen LogP contribution < -0.4 is 21.9 Å². The van der Waals surface area contributed by atoms with E-state index in [0.717, 1.165) is 47.4 Å². The third-order valence-corrected chi connectivity index (χ3v) is 5.36. The van der Waals surface area contributed by atoms with Crippen molar-refractivity contribution >= 4 is 17.1 Å². The summed E-state index contributed by atoms with van der Waals surface area (Å²) in [6, 6.07) is 3.32. The Hall–Kier alpha value is -3.25. The molecule has 1 aromatic carbocycles. The molecule has 0 saturated carbocycles. The van der Waals surface area contributed by atoms with Gasteiger partial charge in [0.25, 0.3) is 5.56 Å². The predicted molar refractivity (Wildman–Crippen MR) is 121 cm³/mol. The van der Waals surface area contributed by atoms with E-state index in [2.05, 4.69) is 44.6 Å². The van der Waals surface area contributed by atoms with Gasteiger partial charge < -0.3 is 15.5 Å². The summed E-state index contributed by atoms with van der Waals surface area (Å²) in [5.41, 5.74) is -1.03. The Morgan fingerprint density at radius 2 is 1.79 bits per heavy atom. The van der Waals surface area contributed by atoms with Crippen molar-refractivity contribution in [2.45, 2.75) is 20.4 Å². The highest BCUT2D eigenvalue weighted by Crippen LogP contribution is 2.11. The standard InChI is InChI=1S/C21H28F2N8O2/c1-4-30(5-2)11-10-24-8-9-25-20-26-17-18(27-28-20)31(21(33)29(3)19(17)32)13-14-6-7-15(22)16(23)12-14/h6-7,12,24H,4-5,8-11,13H2,1-3H3,(H,25,26,28). The van der Waals surface area contributed by atoms with Gasteiger partial charge in [0.15, 0.2) is 22.8 Å². The van der Waals surface area contributed by atoms with Crippen LogP contribution in [0, 0.1) is 11.6 Å². The van der Waals surface area contributed by atoms with E-state index in [0.29, 0.717) is 18.7 Å². The number of nitrogens with one attached hydrogen (secondary N) is 2. The van der Waals surface area contributed by atoms with E-state index in [1.807, 2.05) is 0 Å². The quantitative estimate of drug-likeness (QED) is 0.398. The van der Waals surface area contributed by atoms with Crippen LogP contribution in [-0.2, 0) is 13.6 Å². The van der Waals surface area contributed by atoms with Crippen LogP contribution in [0.15, 0.2) is 27.8 Å². The lowest BCUT2D eigenvalue weighted by molar-refractivity contribution is 0.303. The van der Waals surface area contributed by atoms with Crippen LogP contribution in [0.5, 0.6) is 0 Å². The smallest absolute Gasteiger partial charge is 0.332 e. The SMILES string of the molecule is CCN(CC)CCNCCNc1nnc2c(n1)c(=O)n(C)c(=O)n2Cc1ccc(F)c(F)c1. The Kier molecular flexibility index (Phi) is 8.17. The minimum Gasteiger partial charge on any atom is -0.352 e. The first-order chi connectivity index (χ1) is 15.8. The maximum Gasteiger partial charge on any atom is 0.332 e. The van der Waals surface area contributed by atoms with Gasteiger partial charge in [-0.2, -0.15) is 0 Å². The van der Waals surface area contributed by atoms with Gasteiger partial charge in [0.2, 0.25) is 5.95 Å². The Morgan fingerprint density at radius 1 is 1.03 bits per heavy atom. The van der Waals surface area contributed by atoms with Crippen molar-refractivity contribution in [3.05, 3.63) is 56.2 Å².